The standard InChI is InChI=1S/C22H21O/c23-22(16-19-10-4-1-5-11-19,17-20-12-6-2-7-13-20)18-21-14-8-3-9-15-21/h1-16,23H,17-18H2. The van der Waals surface area contributed by atoms with Crippen molar-refractivity contribution in [3.8, 4) is 0 Å². The summed E-state index contributed by atoms with van der Waals surface area (Å²) in [7, 11) is 0. The van der Waals surface area contributed by atoms with E-state index >= 15 is 0 Å². The van der Waals surface area contributed by atoms with Crippen LogP contribution in [-0.2, 0) is 12.8 Å². The van der Waals surface area contributed by atoms with E-state index < -0.39 is 5.60 Å². The van der Waals surface area contributed by atoms with Gasteiger partial charge in [-0.3, -0.25) is 0 Å². The minimum atomic E-state index is -0.913. The first kappa shape index (κ1) is 15.5. The summed E-state index contributed by atoms with van der Waals surface area (Å²) in [4.78, 5) is 0. The third-order valence-electron chi connectivity index (χ3n) is 3.94. The van der Waals surface area contributed by atoms with Crippen LogP contribution in [0.4, 0.5) is 0 Å². The molecule has 0 saturated heterocycles. The summed E-state index contributed by atoms with van der Waals surface area (Å²) in [6, 6.07) is 30.4. The molecule has 0 aliphatic heterocycles. The van der Waals surface area contributed by atoms with Crippen molar-refractivity contribution in [3.63, 3.8) is 0 Å². The van der Waals surface area contributed by atoms with Gasteiger partial charge < -0.3 is 5.11 Å². The van der Waals surface area contributed by atoms with E-state index in [1.807, 2.05) is 73.2 Å². The van der Waals surface area contributed by atoms with Crippen LogP contribution in [0.15, 0.2) is 91.0 Å². The van der Waals surface area contributed by atoms with Crippen LogP contribution in [0.2, 0.25) is 0 Å². The van der Waals surface area contributed by atoms with Crippen molar-refractivity contribution in [3.05, 3.63) is 114 Å². The molecule has 3 aromatic carbocycles. The molecule has 0 bridgehead atoms. The lowest BCUT2D eigenvalue weighted by Crippen LogP contribution is -2.35. The van der Waals surface area contributed by atoms with E-state index in [0.717, 1.165) is 16.7 Å². The molecule has 1 nitrogen and oxygen atoms in total. The average molecular weight is 301 g/mol. The molecule has 0 atom stereocenters. The summed E-state index contributed by atoms with van der Waals surface area (Å²) >= 11 is 0. The number of hydrogen-bond acceptors (Lipinski definition) is 1. The van der Waals surface area contributed by atoms with Crippen LogP contribution in [0.5, 0.6) is 0 Å². The normalized spacial score (nSPS) is 11.3. The highest BCUT2D eigenvalue weighted by molar-refractivity contribution is 5.31. The minimum absolute atomic E-state index is 0.595. The molecule has 23 heavy (non-hydrogen) atoms. The molecule has 0 fully saturated rings. The maximum Gasteiger partial charge on any atom is 0.0803 e. The van der Waals surface area contributed by atoms with Crippen molar-refractivity contribution < 1.29 is 5.11 Å². The highest BCUT2D eigenvalue weighted by Gasteiger charge is 2.28. The maximum absolute atomic E-state index is 11.3. The Morgan fingerprint density at radius 3 is 1.43 bits per heavy atom. The van der Waals surface area contributed by atoms with Crippen LogP contribution < -0.4 is 0 Å². The molecular weight excluding hydrogens is 280 g/mol. The average Bonchev–Trinajstić information content (AvgIpc) is 2.57. The zero-order chi connectivity index (χ0) is 16.0. The third kappa shape index (κ3) is 4.54. The van der Waals surface area contributed by atoms with E-state index in [1.165, 1.54) is 0 Å². The summed E-state index contributed by atoms with van der Waals surface area (Å²) < 4.78 is 0. The number of benzene rings is 3. The van der Waals surface area contributed by atoms with Crippen LogP contribution in [0.1, 0.15) is 16.7 Å². The lowest BCUT2D eigenvalue weighted by molar-refractivity contribution is 0.0779. The van der Waals surface area contributed by atoms with E-state index in [0.29, 0.717) is 12.8 Å². The summed E-state index contributed by atoms with van der Waals surface area (Å²) in [5, 5.41) is 11.3. The summed E-state index contributed by atoms with van der Waals surface area (Å²) in [5.41, 5.74) is 2.41. The Kier molecular flexibility index (Phi) is 4.89. The van der Waals surface area contributed by atoms with Crippen molar-refractivity contribution in [2.24, 2.45) is 0 Å². The molecule has 0 aromatic heterocycles. The molecule has 1 radical (unpaired) electrons. The van der Waals surface area contributed by atoms with Crippen LogP contribution in [0.3, 0.4) is 0 Å². The van der Waals surface area contributed by atoms with Gasteiger partial charge in [0, 0.05) is 19.3 Å². The number of hydrogen-bond donors (Lipinski definition) is 1. The van der Waals surface area contributed by atoms with E-state index in [9.17, 15) is 5.11 Å². The predicted octanol–water partition coefficient (Wildman–Crippen LogP) is 4.46. The monoisotopic (exact) mass is 301 g/mol. The van der Waals surface area contributed by atoms with Crippen molar-refractivity contribution in [1.29, 1.82) is 0 Å². The first-order valence-electron chi connectivity index (χ1n) is 7.95. The lowest BCUT2D eigenvalue weighted by atomic mass is 9.83. The number of rotatable bonds is 6. The molecule has 3 aromatic rings. The van der Waals surface area contributed by atoms with Gasteiger partial charge in [-0.2, -0.15) is 0 Å². The van der Waals surface area contributed by atoms with Gasteiger partial charge in [-0.25, -0.2) is 0 Å². The molecule has 1 heteroatoms. The Labute approximate surface area is 138 Å². The second-order valence-electron chi connectivity index (χ2n) is 5.98. The topological polar surface area (TPSA) is 20.2 Å². The van der Waals surface area contributed by atoms with Crippen LogP contribution in [0.25, 0.3) is 0 Å². The molecule has 0 saturated carbocycles. The van der Waals surface area contributed by atoms with Gasteiger partial charge in [-0.15, -0.1) is 0 Å². The summed E-state index contributed by atoms with van der Waals surface area (Å²) in [6.45, 7) is 0. The van der Waals surface area contributed by atoms with Crippen molar-refractivity contribution in [1.82, 2.24) is 0 Å². The summed E-state index contributed by atoms with van der Waals surface area (Å²) in [6.07, 6.45) is 3.17. The van der Waals surface area contributed by atoms with Gasteiger partial charge in [0.25, 0.3) is 0 Å². The highest BCUT2D eigenvalue weighted by Crippen LogP contribution is 2.25. The Morgan fingerprint density at radius 1 is 0.609 bits per heavy atom. The minimum Gasteiger partial charge on any atom is -0.389 e. The van der Waals surface area contributed by atoms with Gasteiger partial charge in [0.2, 0.25) is 0 Å². The second-order valence-corrected chi connectivity index (χ2v) is 5.98. The van der Waals surface area contributed by atoms with E-state index in [4.69, 9.17) is 0 Å². The quantitative estimate of drug-likeness (QED) is 0.713. The summed E-state index contributed by atoms with van der Waals surface area (Å²) in [5.74, 6) is 0. The molecule has 0 aliphatic carbocycles. The lowest BCUT2D eigenvalue weighted by Gasteiger charge is -2.28. The van der Waals surface area contributed by atoms with Gasteiger partial charge in [-0.1, -0.05) is 91.0 Å². The first-order chi connectivity index (χ1) is 11.2. The van der Waals surface area contributed by atoms with Crippen LogP contribution in [-0.4, -0.2) is 10.7 Å². The maximum atomic E-state index is 11.3. The third-order valence-corrected chi connectivity index (χ3v) is 3.94. The fourth-order valence-corrected chi connectivity index (χ4v) is 2.92. The molecule has 0 heterocycles. The molecule has 0 unspecified atom stereocenters. The molecule has 0 aliphatic rings. The van der Waals surface area contributed by atoms with Crippen LogP contribution in [0, 0.1) is 6.42 Å². The van der Waals surface area contributed by atoms with E-state index in [2.05, 4.69) is 24.3 Å². The largest absolute Gasteiger partial charge is 0.389 e. The zero-order valence-corrected chi connectivity index (χ0v) is 13.1. The van der Waals surface area contributed by atoms with Gasteiger partial charge in [0.1, 0.15) is 0 Å². The van der Waals surface area contributed by atoms with Gasteiger partial charge in [-0.05, 0) is 16.7 Å². The fraction of sp³-hybridized carbons (Fsp3) is 0.136. The fourth-order valence-electron chi connectivity index (χ4n) is 2.92. The van der Waals surface area contributed by atoms with E-state index in [-0.39, 0.29) is 0 Å². The Morgan fingerprint density at radius 2 is 1.00 bits per heavy atom. The van der Waals surface area contributed by atoms with Crippen molar-refractivity contribution in [2.75, 3.05) is 0 Å². The zero-order valence-electron chi connectivity index (χ0n) is 13.1. The van der Waals surface area contributed by atoms with Gasteiger partial charge in [0.05, 0.1) is 5.60 Å². The Balaban J connectivity index is 1.85. The molecule has 115 valence electrons. The predicted molar refractivity (Wildman–Crippen MR) is 95.1 cm³/mol. The van der Waals surface area contributed by atoms with Crippen molar-refractivity contribution in [2.45, 2.75) is 18.4 Å². The Bertz CT molecular complexity index is 603. The smallest absolute Gasteiger partial charge is 0.0803 e. The number of aliphatic hydroxyl groups is 1. The first-order valence-corrected chi connectivity index (χ1v) is 7.95. The molecule has 0 spiro atoms. The van der Waals surface area contributed by atoms with Gasteiger partial charge in [0.15, 0.2) is 0 Å². The van der Waals surface area contributed by atoms with Gasteiger partial charge >= 0.3 is 0 Å². The molecule has 3 rings (SSSR count). The molecule has 1 N–H and O–H groups in total. The van der Waals surface area contributed by atoms with Crippen molar-refractivity contribution >= 4 is 0 Å². The highest BCUT2D eigenvalue weighted by atomic mass is 16.3. The SMILES string of the molecule is OC([CH]c1ccccc1)(Cc1ccccc1)Cc1ccccc1. The van der Waals surface area contributed by atoms with E-state index in [1.54, 1.807) is 0 Å². The Hall–Kier alpha value is -2.38. The molecular formula is C22H21O. The van der Waals surface area contributed by atoms with Crippen LogP contribution >= 0.6 is 0 Å². The molecule has 0 amide bonds. The second kappa shape index (κ2) is 7.26.